The summed E-state index contributed by atoms with van der Waals surface area (Å²) in [7, 11) is 0. The van der Waals surface area contributed by atoms with Gasteiger partial charge in [-0.1, -0.05) is 30.3 Å². The molecule has 0 aromatic heterocycles. The molecule has 1 aliphatic rings. The van der Waals surface area contributed by atoms with Crippen molar-refractivity contribution in [3.8, 4) is 5.75 Å². The van der Waals surface area contributed by atoms with E-state index in [9.17, 15) is 9.50 Å². The van der Waals surface area contributed by atoms with Crippen LogP contribution < -0.4 is 4.90 Å². The highest BCUT2D eigenvalue weighted by atomic mass is 19.1. The molecule has 0 unspecified atom stereocenters. The molecular formula is C19H23FN2O. The van der Waals surface area contributed by atoms with E-state index in [4.69, 9.17) is 0 Å². The fourth-order valence-corrected chi connectivity index (χ4v) is 3.07. The minimum Gasteiger partial charge on any atom is -0.505 e. The van der Waals surface area contributed by atoms with E-state index in [1.165, 1.54) is 17.7 Å². The lowest BCUT2D eigenvalue weighted by atomic mass is 10.1. The van der Waals surface area contributed by atoms with Crippen LogP contribution in [0.3, 0.4) is 0 Å². The second-order valence-corrected chi connectivity index (χ2v) is 6.05. The fourth-order valence-electron chi connectivity index (χ4n) is 3.07. The highest BCUT2D eigenvalue weighted by Gasteiger charge is 2.17. The molecule has 3 nitrogen and oxygen atoms in total. The molecule has 1 heterocycles. The number of piperazine rings is 1. The van der Waals surface area contributed by atoms with Gasteiger partial charge >= 0.3 is 0 Å². The number of nitrogens with zero attached hydrogens (tertiary/aromatic N) is 2. The van der Waals surface area contributed by atoms with Crippen molar-refractivity contribution in [3.63, 3.8) is 0 Å². The molecule has 0 radical (unpaired) electrons. The molecule has 1 fully saturated rings. The van der Waals surface area contributed by atoms with Gasteiger partial charge in [-0.05, 0) is 37.1 Å². The molecular weight excluding hydrogens is 291 g/mol. The monoisotopic (exact) mass is 314 g/mol. The van der Waals surface area contributed by atoms with Crippen molar-refractivity contribution in [2.45, 2.75) is 12.8 Å². The standard InChI is InChI=1S/C19H23FN2O/c20-18-15-17(8-9-19(18)23)22-13-11-21(12-14-22)10-4-7-16-5-2-1-3-6-16/h1-3,5-6,8-9,15,23H,4,7,10-14H2. The summed E-state index contributed by atoms with van der Waals surface area (Å²) in [6.45, 7) is 4.90. The summed E-state index contributed by atoms with van der Waals surface area (Å²) < 4.78 is 13.5. The van der Waals surface area contributed by atoms with E-state index in [0.717, 1.165) is 51.3 Å². The van der Waals surface area contributed by atoms with E-state index in [1.54, 1.807) is 6.07 Å². The van der Waals surface area contributed by atoms with Gasteiger partial charge in [0.1, 0.15) is 0 Å². The maximum atomic E-state index is 13.5. The summed E-state index contributed by atoms with van der Waals surface area (Å²) in [6.07, 6.45) is 2.28. The third kappa shape index (κ3) is 4.23. The summed E-state index contributed by atoms with van der Waals surface area (Å²) in [6, 6.07) is 15.2. The molecule has 0 spiro atoms. The third-order valence-corrected chi connectivity index (χ3v) is 4.45. The van der Waals surface area contributed by atoms with E-state index in [2.05, 4.69) is 40.1 Å². The van der Waals surface area contributed by atoms with Crippen molar-refractivity contribution in [2.24, 2.45) is 0 Å². The normalized spacial score (nSPS) is 15.8. The first-order valence-corrected chi connectivity index (χ1v) is 8.22. The van der Waals surface area contributed by atoms with E-state index >= 15 is 0 Å². The van der Waals surface area contributed by atoms with Gasteiger partial charge in [-0.2, -0.15) is 0 Å². The number of halogens is 1. The molecule has 1 aliphatic heterocycles. The Morgan fingerprint density at radius 1 is 0.957 bits per heavy atom. The van der Waals surface area contributed by atoms with Crippen LogP contribution in [0.1, 0.15) is 12.0 Å². The second-order valence-electron chi connectivity index (χ2n) is 6.05. The van der Waals surface area contributed by atoms with Gasteiger partial charge in [-0.25, -0.2) is 4.39 Å². The van der Waals surface area contributed by atoms with Crippen LogP contribution in [0.15, 0.2) is 48.5 Å². The fraction of sp³-hybridized carbons (Fsp3) is 0.368. The smallest absolute Gasteiger partial charge is 0.166 e. The summed E-state index contributed by atoms with van der Waals surface area (Å²) in [4.78, 5) is 4.65. The van der Waals surface area contributed by atoms with Gasteiger partial charge in [0.25, 0.3) is 0 Å². The van der Waals surface area contributed by atoms with Crippen LogP contribution in [0, 0.1) is 5.82 Å². The molecule has 4 heteroatoms. The lowest BCUT2D eigenvalue weighted by Gasteiger charge is -2.36. The number of hydrogen-bond acceptors (Lipinski definition) is 3. The molecule has 0 bridgehead atoms. The van der Waals surface area contributed by atoms with Gasteiger partial charge in [-0.3, -0.25) is 4.90 Å². The van der Waals surface area contributed by atoms with Gasteiger partial charge in [0.15, 0.2) is 11.6 Å². The topological polar surface area (TPSA) is 26.7 Å². The molecule has 1 N–H and O–H groups in total. The van der Waals surface area contributed by atoms with Crippen LogP contribution in [-0.2, 0) is 6.42 Å². The Bertz CT molecular complexity index is 625. The highest BCUT2D eigenvalue weighted by Crippen LogP contribution is 2.23. The zero-order chi connectivity index (χ0) is 16.1. The van der Waals surface area contributed by atoms with Crippen molar-refractivity contribution in [2.75, 3.05) is 37.6 Å². The first-order valence-electron chi connectivity index (χ1n) is 8.22. The second kappa shape index (κ2) is 7.47. The van der Waals surface area contributed by atoms with Crippen molar-refractivity contribution in [1.29, 1.82) is 0 Å². The number of benzene rings is 2. The average molecular weight is 314 g/mol. The van der Waals surface area contributed by atoms with Crippen LogP contribution in [0.25, 0.3) is 0 Å². The Kier molecular flexibility index (Phi) is 5.13. The molecule has 2 aromatic carbocycles. The molecule has 0 atom stereocenters. The third-order valence-electron chi connectivity index (χ3n) is 4.45. The zero-order valence-corrected chi connectivity index (χ0v) is 13.3. The van der Waals surface area contributed by atoms with Crippen molar-refractivity contribution in [1.82, 2.24) is 4.90 Å². The van der Waals surface area contributed by atoms with Gasteiger partial charge < -0.3 is 10.0 Å². The van der Waals surface area contributed by atoms with Crippen molar-refractivity contribution < 1.29 is 9.50 Å². The average Bonchev–Trinajstić information content (AvgIpc) is 2.59. The maximum Gasteiger partial charge on any atom is 0.166 e. The summed E-state index contributed by atoms with van der Waals surface area (Å²) in [5.74, 6) is -0.832. The first-order chi connectivity index (χ1) is 11.2. The summed E-state index contributed by atoms with van der Waals surface area (Å²) >= 11 is 0. The summed E-state index contributed by atoms with van der Waals surface area (Å²) in [5, 5.41) is 9.27. The molecule has 23 heavy (non-hydrogen) atoms. The highest BCUT2D eigenvalue weighted by molar-refractivity contribution is 5.49. The minimum atomic E-state index is -0.548. The Morgan fingerprint density at radius 3 is 2.39 bits per heavy atom. The van der Waals surface area contributed by atoms with E-state index in [0.29, 0.717) is 0 Å². The molecule has 122 valence electrons. The minimum absolute atomic E-state index is 0.284. The van der Waals surface area contributed by atoms with Crippen LogP contribution in [0.5, 0.6) is 5.75 Å². The molecule has 0 aliphatic carbocycles. The zero-order valence-electron chi connectivity index (χ0n) is 13.3. The van der Waals surface area contributed by atoms with Crippen LogP contribution >= 0.6 is 0 Å². The number of phenolic OH excluding ortho intramolecular Hbond substituents is 1. The molecule has 1 saturated heterocycles. The predicted octanol–water partition coefficient (Wildman–Crippen LogP) is 3.29. The van der Waals surface area contributed by atoms with Crippen molar-refractivity contribution in [3.05, 3.63) is 59.9 Å². The lowest BCUT2D eigenvalue weighted by Crippen LogP contribution is -2.46. The van der Waals surface area contributed by atoms with Crippen LogP contribution in [0.2, 0.25) is 0 Å². The van der Waals surface area contributed by atoms with Gasteiger partial charge in [0.2, 0.25) is 0 Å². The Balaban J connectivity index is 1.44. The van der Waals surface area contributed by atoms with Crippen LogP contribution in [0.4, 0.5) is 10.1 Å². The molecule has 0 saturated carbocycles. The number of hydrogen-bond donors (Lipinski definition) is 1. The van der Waals surface area contributed by atoms with Gasteiger partial charge in [0, 0.05) is 37.9 Å². The first kappa shape index (κ1) is 15.8. The van der Waals surface area contributed by atoms with Gasteiger partial charge in [-0.15, -0.1) is 0 Å². The lowest BCUT2D eigenvalue weighted by molar-refractivity contribution is 0.255. The quantitative estimate of drug-likeness (QED) is 0.917. The van der Waals surface area contributed by atoms with Gasteiger partial charge in [0.05, 0.1) is 0 Å². The predicted molar refractivity (Wildman–Crippen MR) is 91.5 cm³/mol. The molecule has 3 rings (SSSR count). The number of anilines is 1. The SMILES string of the molecule is Oc1ccc(N2CCN(CCCc3ccccc3)CC2)cc1F. The van der Waals surface area contributed by atoms with E-state index in [-0.39, 0.29) is 5.75 Å². The Morgan fingerprint density at radius 2 is 1.70 bits per heavy atom. The number of aromatic hydroxyl groups is 1. The number of aryl methyl sites for hydroxylation is 1. The number of phenols is 1. The largest absolute Gasteiger partial charge is 0.505 e. The van der Waals surface area contributed by atoms with E-state index in [1.807, 2.05) is 0 Å². The summed E-state index contributed by atoms with van der Waals surface area (Å²) in [5.41, 5.74) is 2.25. The Labute approximate surface area is 137 Å². The molecule has 0 amide bonds. The van der Waals surface area contributed by atoms with E-state index < -0.39 is 5.82 Å². The molecule has 2 aromatic rings. The number of rotatable bonds is 5. The van der Waals surface area contributed by atoms with Crippen LogP contribution in [-0.4, -0.2) is 42.7 Å². The van der Waals surface area contributed by atoms with Crippen molar-refractivity contribution >= 4 is 5.69 Å². The maximum absolute atomic E-state index is 13.5. The Hall–Kier alpha value is -2.07.